The van der Waals surface area contributed by atoms with Crippen LogP contribution in [0.1, 0.15) is 58.0 Å². The Hall–Kier alpha value is -5.06. The average Bonchev–Trinajstić information content (AvgIpc) is 3.17. The van der Waals surface area contributed by atoms with Crippen LogP contribution in [0.15, 0.2) is 91.1 Å². The normalized spacial score (nSPS) is 15.1. The van der Waals surface area contributed by atoms with E-state index in [4.69, 9.17) is 0 Å². The second-order valence-corrected chi connectivity index (χ2v) is 13.6. The fraction of sp³-hybridized carbons (Fsp3) is 0.366. The summed E-state index contributed by atoms with van der Waals surface area (Å²) >= 11 is 0. The molecule has 0 unspecified atom stereocenters. The fourth-order valence-electron chi connectivity index (χ4n) is 6.80. The maximum Gasteiger partial charge on any atom is 0.255 e. The number of amides is 3. The molecule has 6 rings (SSSR count). The van der Waals surface area contributed by atoms with E-state index in [0.717, 1.165) is 87.6 Å². The molecular formula is C41H49N7O3. The molecule has 1 aromatic heterocycles. The Morgan fingerprint density at radius 1 is 0.765 bits per heavy atom. The number of hydrogen-bond donors (Lipinski definition) is 2. The molecule has 2 N–H and O–H groups in total. The summed E-state index contributed by atoms with van der Waals surface area (Å²) in [4.78, 5) is 52.2. The maximum absolute atomic E-state index is 13.8. The summed E-state index contributed by atoms with van der Waals surface area (Å²) in [5, 5.41) is 6.18. The average molecular weight is 688 g/mol. The van der Waals surface area contributed by atoms with Gasteiger partial charge in [-0.05, 0) is 79.9 Å². The third kappa shape index (κ3) is 9.80. The molecule has 0 spiro atoms. The molecule has 51 heavy (non-hydrogen) atoms. The largest absolute Gasteiger partial charge is 0.372 e. The first-order valence-electron chi connectivity index (χ1n) is 18.1. The van der Waals surface area contributed by atoms with E-state index in [1.807, 2.05) is 59.5 Å². The zero-order valence-electron chi connectivity index (χ0n) is 29.8. The second kappa shape index (κ2) is 17.2. The van der Waals surface area contributed by atoms with Crippen LogP contribution in [0.4, 0.5) is 11.4 Å². The zero-order chi connectivity index (χ0) is 35.6. The predicted molar refractivity (Wildman–Crippen MR) is 203 cm³/mol. The number of anilines is 2. The SMILES string of the molecule is CC(=O)N1CCN(CCN(C)Cc2cccc(C(=O)Nc3ccc(N4CCCCC4)cc3-c3cc(C(=O)NCc4ccccc4)ccn3)c2)CC1. The Labute approximate surface area is 301 Å². The summed E-state index contributed by atoms with van der Waals surface area (Å²) in [5.74, 6) is -0.240. The van der Waals surface area contributed by atoms with Crippen molar-refractivity contribution >= 4 is 29.1 Å². The van der Waals surface area contributed by atoms with Gasteiger partial charge in [0.25, 0.3) is 11.8 Å². The standard InChI is InChI=1S/C41H49N7O3/c1-31(49)47-24-22-46(23-25-47)21-20-45(2)30-33-12-9-13-34(26-33)41(51)44-38-15-14-36(48-18-7-4-8-19-48)28-37(38)39-27-35(16-17-42-39)40(50)43-29-32-10-5-3-6-11-32/h3,5-6,9-17,26-28H,4,7-8,18-25,29-30H2,1-2H3,(H,43,50)(H,44,51). The van der Waals surface area contributed by atoms with Gasteiger partial charge in [0.1, 0.15) is 0 Å². The minimum Gasteiger partial charge on any atom is -0.372 e. The Morgan fingerprint density at radius 2 is 1.51 bits per heavy atom. The van der Waals surface area contributed by atoms with E-state index < -0.39 is 0 Å². The van der Waals surface area contributed by atoms with Gasteiger partial charge in [0.05, 0.1) is 11.4 Å². The van der Waals surface area contributed by atoms with E-state index >= 15 is 0 Å². The van der Waals surface area contributed by atoms with Crippen molar-refractivity contribution in [1.29, 1.82) is 0 Å². The van der Waals surface area contributed by atoms with E-state index in [9.17, 15) is 14.4 Å². The van der Waals surface area contributed by atoms with Crippen LogP contribution in [-0.4, -0.2) is 96.8 Å². The molecule has 0 aliphatic carbocycles. The highest BCUT2D eigenvalue weighted by Crippen LogP contribution is 2.33. The molecule has 0 bridgehead atoms. The highest BCUT2D eigenvalue weighted by atomic mass is 16.2. The summed E-state index contributed by atoms with van der Waals surface area (Å²) in [6, 6.07) is 27.2. The van der Waals surface area contributed by atoms with Gasteiger partial charge in [-0.25, -0.2) is 0 Å². The molecule has 3 amide bonds. The number of carbonyl (C=O) groups excluding carboxylic acids is 3. The summed E-state index contributed by atoms with van der Waals surface area (Å²) in [6.07, 6.45) is 5.17. The van der Waals surface area contributed by atoms with Crippen LogP contribution >= 0.6 is 0 Å². The van der Waals surface area contributed by atoms with Crippen molar-refractivity contribution in [2.45, 2.75) is 39.3 Å². The number of likely N-dealkylation sites (N-methyl/N-ethyl adjacent to an activating group) is 1. The molecule has 10 heteroatoms. The van der Waals surface area contributed by atoms with Gasteiger partial charge in [0.15, 0.2) is 0 Å². The van der Waals surface area contributed by atoms with Crippen molar-refractivity contribution in [1.82, 2.24) is 25.0 Å². The zero-order valence-corrected chi connectivity index (χ0v) is 29.8. The highest BCUT2D eigenvalue weighted by Gasteiger charge is 2.20. The molecule has 0 saturated carbocycles. The van der Waals surface area contributed by atoms with Gasteiger partial charge in [-0.1, -0.05) is 42.5 Å². The van der Waals surface area contributed by atoms with E-state index in [1.165, 1.54) is 6.42 Å². The van der Waals surface area contributed by atoms with Gasteiger partial charge in [-0.2, -0.15) is 0 Å². The van der Waals surface area contributed by atoms with Crippen LogP contribution in [0, 0.1) is 0 Å². The molecule has 2 aliphatic rings. The van der Waals surface area contributed by atoms with Gasteiger partial charge < -0.3 is 25.3 Å². The van der Waals surface area contributed by atoms with Crippen LogP contribution in [0.3, 0.4) is 0 Å². The number of piperazine rings is 1. The van der Waals surface area contributed by atoms with Crippen molar-refractivity contribution in [2.24, 2.45) is 0 Å². The van der Waals surface area contributed by atoms with Gasteiger partial charge in [-0.15, -0.1) is 0 Å². The van der Waals surface area contributed by atoms with E-state index in [0.29, 0.717) is 35.6 Å². The van der Waals surface area contributed by atoms with Crippen LogP contribution in [0.5, 0.6) is 0 Å². The molecule has 0 atom stereocenters. The minimum absolute atomic E-state index is 0.145. The first-order valence-corrected chi connectivity index (χ1v) is 18.1. The first-order chi connectivity index (χ1) is 24.8. The molecule has 3 aromatic carbocycles. The van der Waals surface area contributed by atoms with Crippen molar-refractivity contribution < 1.29 is 14.4 Å². The van der Waals surface area contributed by atoms with E-state index in [-0.39, 0.29) is 17.7 Å². The number of hydrogen-bond acceptors (Lipinski definition) is 7. The van der Waals surface area contributed by atoms with Crippen LogP contribution in [0.25, 0.3) is 11.3 Å². The molecule has 0 radical (unpaired) electrons. The number of aromatic nitrogens is 1. The van der Waals surface area contributed by atoms with Crippen LogP contribution in [0.2, 0.25) is 0 Å². The minimum atomic E-state index is -0.202. The maximum atomic E-state index is 13.8. The van der Waals surface area contributed by atoms with Gasteiger partial charge in [-0.3, -0.25) is 24.3 Å². The summed E-state index contributed by atoms with van der Waals surface area (Å²) in [7, 11) is 2.10. The molecule has 3 heterocycles. The Bertz CT molecular complexity index is 1800. The van der Waals surface area contributed by atoms with Crippen molar-refractivity contribution in [3.05, 3.63) is 113 Å². The quantitative estimate of drug-likeness (QED) is 0.203. The van der Waals surface area contributed by atoms with Gasteiger partial charge in [0.2, 0.25) is 5.91 Å². The lowest BCUT2D eigenvalue weighted by molar-refractivity contribution is -0.130. The molecule has 266 valence electrons. The highest BCUT2D eigenvalue weighted by molar-refractivity contribution is 6.06. The Kier molecular flexibility index (Phi) is 12.1. The molecular weight excluding hydrogens is 638 g/mol. The molecule has 10 nitrogen and oxygen atoms in total. The van der Waals surface area contributed by atoms with Crippen molar-refractivity contribution in [3.63, 3.8) is 0 Å². The van der Waals surface area contributed by atoms with Crippen LogP contribution < -0.4 is 15.5 Å². The van der Waals surface area contributed by atoms with E-state index in [2.05, 4.69) is 55.6 Å². The first kappa shape index (κ1) is 35.8. The summed E-state index contributed by atoms with van der Waals surface area (Å²) in [5.41, 5.74) is 6.27. The second-order valence-electron chi connectivity index (χ2n) is 13.6. The molecule has 2 aliphatic heterocycles. The number of benzene rings is 3. The smallest absolute Gasteiger partial charge is 0.255 e. The topological polar surface area (TPSA) is 101 Å². The summed E-state index contributed by atoms with van der Waals surface area (Å²) in [6.45, 7) is 9.92. The Morgan fingerprint density at radius 3 is 2.27 bits per heavy atom. The predicted octanol–water partition coefficient (Wildman–Crippen LogP) is 5.52. The monoisotopic (exact) mass is 687 g/mol. The number of piperidine rings is 1. The lowest BCUT2D eigenvalue weighted by Gasteiger charge is -2.35. The lowest BCUT2D eigenvalue weighted by Crippen LogP contribution is -2.49. The number of pyridine rings is 1. The number of rotatable bonds is 12. The fourth-order valence-corrected chi connectivity index (χ4v) is 6.80. The van der Waals surface area contributed by atoms with Gasteiger partial charge >= 0.3 is 0 Å². The summed E-state index contributed by atoms with van der Waals surface area (Å²) < 4.78 is 0. The van der Waals surface area contributed by atoms with Crippen molar-refractivity contribution in [3.8, 4) is 11.3 Å². The van der Waals surface area contributed by atoms with Crippen LogP contribution in [-0.2, 0) is 17.9 Å². The molecule has 2 fully saturated rings. The van der Waals surface area contributed by atoms with E-state index in [1.54, 1.807) is 25.3 Å². The molecule has 4 aromatic rings. The molecule has 2 saturated heterocycles. The third-order valence-corrected chi connectivity index (χ3v) is 9.82. The van der Waals surface area contributed by atoms with Crippen molar-refractivity contribution in [2.75, 3.05) is 69.6 Å². The van der Waals surface area contributed by atoms with Gasteiger partial charge in [0, 0.05) is 101 Å². The third-order valence-electron chi connectivity index (χ3n) is 9.82. The Balaban J connectivity index is 1.15. The number of nitrogens with one attached hydrogen (secondary N) is 2. The number of nitrogens with zero attached hydrogens (tertiary/aromatic N) is 5. The number of carbonyl (C=O) groups is 3. The lowest BCUT2D eigenvalue weighted by atomic mass is 10.0.